The Morgan fingerprint density at radius 1 is 1.41 bits per heavy atom. The lowest BCUT2D eigenvalue weighted by Crippen LogP contribution is -2.40. The first-order valence-corrected chi connectivity index (χ1v) is 5.72. The van der Waals surface area contributed by atoms with Gasteiger partial charge in [0, 0.05) is 18.0 Å². The zero-order valence-electron chi connectivity index (χ0n) is 9.08. The monoisotopic (exact) mass is 255 g/mol. The molecule has 90 valence electrons. The summed E-state index contributed by atoms with van der Waals surface area (Å²) in [6, 6.07) is 3.83. The summed E-state index contributed by atoms with van der Waals surface area (Å²) in [4.78, 5) is 24.6. The van der Waals surface area contributed by atoms with Crippen molar-refractivity contribution in [1.82, 2.24) is 4.90 Å². The minimum absolute atomic E-state index is 0.00652. The van der Waals surface area contributed by atoms with Crippen molar-refractivity contribution in [3.63, 3.8) is 0 Å². The van der Waals surface area contributed by atoms with Crippen LogP contribution in [0.5, 0.6) is 0 Å². The van der Waals surface area contributed by atoms with Gasteiger partial charge in [0.05, 0.1) is 12.1 Å². The average molecular weight is 256 g/mol. The van der Waals surface area contributed by atoms with Gasteiger partial charge in [0.1, 0.15) is 5.82 Å². The molecule has 1 saturated heterocycles. The molecular weight excluding hydrogens is 245 g/mol. The molecule has 0 saturated carbocycles. The van der Waals surface area contributed by atoms with Gasteiger partial charge < -0.3 is 4.90 Å². The molecule has 1 heterocycles. The fourth-order valence-electron chi connectivity index (χ4n) is 1.84. The number of hydrogen-bond acceptors (Lipinski definition) is 2. The van der Waals surface area contributed by atoms with E-state index >= 15 is 0 Å². The first-order valence-electron chi connectivity index (χ1n) is 5.34. The molecule has 0 aromatic heterocycles. The van der Waals surface area contributed by atoms with Crippen LogP contribution in [-0.2, 0) is 4.79 Å². The highest BCUT2D eigenvalue weighted by molar-refractivity contribution is 6.31. The number of amides is 1. The fraction of sp³-hybridized carbons (Fsp3) is 0.333. The molecular formula is C12H11ClFNO2. The Labute approximate surface area is 103 Å². The molecule has 1 aromatic rings. The van der Waals surface area contributed by atoms with Gasteiger partial charge in [-0.15, -0.1) is 0 Å². The summed E-state index contributed by atoms with van der Waals surface area (Å²) in [7, 11) is 0. The summed E-state index contributed by atoms with van der Waals surface area (Å²) in [5.41, 5.74) is -0.0767. The molecule has 0 bridgehead atoms. The van der Waals surface area contributed by atoms with Crippen molar-refractivity contribution in [2.45, 2.75) is 12.8 Å². The van der Waals surface area contributed by atoms with Gasteiger partial charge in [0.15, 0.2) is 5.78 Å². The molecule has 1 aromatic carbocycles. The molecule has 0 atom stereocenters. The number of nitrogens with zero attached hydrogens (tertiary/aromatic N) is 1. The Kier molecular flexibility index (Phi) is 3.43. The van der Waals surface area contributed by atoms with Crippen molar-refractivity contribution in [2.24, 2.45) is 0 Å². The van der Waals surface area contributed by atoms with Crippen molar-refractivity contribution in [3.8, 4) is 0 Å². The van der Waals surface area contributed by atoms with Gasteiger partial charge >= 0.3 is 0 Å². The van der Waals surface area contributed by atoms with E-state index in [1.165, 1.54) is 17.0 Å². The molecule has 0 radical (unpaired) electrons. The first-order chi connectivity index (χ1) is 8.08. The Bertz CT molecular complexity index is 476. The summed E-state index contributed by atoms with van der Waals surface area (Å²) >= 11 is 5.72. The Balaban J connectivity index is 2.24. The van der Waals surface area contributed by atoms with Crippen molar-refractivity contribution in [1.29, 1.82) is 0 Å². The standard InChI is InChI=1S/C12H11ClFNO2/c13-8-3-4-11(14)10(6-8)12(17)15-5-1-2-9(16)7-15/h3-4,6H,1-2,5,7H2. The highest BCUT2D eigenvalue weighted by Gasteiger charge is 2.24. The number of Topliss-reactive ketones (excluding diaryl/α,β-unsaturated/α-hetero) is 1. The number of carbonyl (C=O) groups is 2. The number of piperidine rings is 1. The van der Waals surface area contributed by atoms with E-state index in [0.29, 0.717) is 24.4 Å². The topological polar surface area (TPSA) is 37.4 Å². The maximum absolute atomic E-state index is 13.5. The number of ketones is 1. The van der Waals surface area contributed by atoms with Crippen LogP contribution in [0, 0.1) is 5.82 Å². The van der Waals surface area contributed by atoms with Gasteiger partial charge in [-0.2, -0.15) is 0 Å². The van der Waals surface area contributed by atoms with Crippen LogP contribution in [0.15, 0.2) is 18.2 Å². The number of halogens is 2. The molecule has 1 amide bonds. The van der Waals surface area contributed by atoms with E-state index in [9.17, 15) is 14.0 Å². The van der Waals surface area contributed by atoms with Crippen LogP contribution in [-0.4, -0.2) is 29.7 Å². The molecule has 0 spiro atoms. The van der Waals surface area contributed by atoms with Crippen LogP contribution in [0.4, 0.5) is 4.39 Å². The van der Waals surface area contributed by atoms with Crippen LogP contribution in [0.1, 0.15) is 23.2 Å². The number of rotatable bonds is 1. The number of carbonyl (C=O) groups excluding carboxylic acids is 2. The van der Waals surface area contributed by atoms with Crippen molar-refractivity contribution >= 4 is 23.3 Å². The van der Waals surface area contributed by atoms with Crippen LogP contribution in [0.25, 0.3) is 0 Å². The summed E-state index contributed by atoms with van der Waals surface area (Å²) in [6.45, 7) is 0.543. The van der Waals surface area contributed by atoms with Gasteiger partial charge in [0.25, 0.3) is 5.91 Å². The van der Waals surface area contributed by atoms with Crippen molar-refractivity contribution in [2.75, 3.05) is 13.1 Å². The van der Waals surface area contributed by atoms with Crippen molar-refractivity contribution in [3.05, 3.63) is 34.6 Å². The number of benzene rings is 1. The highest BCUT2D eigenvalue weighted by Crippen LogP contribution is 2.18. The average Bonchev–Trinajstić information content (AvgIpc) is 2.31. The third-order valence-corrected chi connectivity index (χ3v) is 2.93. The van der Waals surface area contributed by atoms with E-state index < -0.39 is 11.7 Å². The number of likely N-dealkylation sites (tertiary alicyclic amines) is 1. The van der Waals surface area contributed by atoms with E-state index in [1.807, 2.05) is 0 Å². The summed E-state index contributed by atoms with van der Waals surface area (Å²) < 4.78 is 13.5. The molecule has 2 rings (SSSR count). The maximum Gasteiger partial charge on any atom is 0.257 e. The van der Waals surface area contributed by atoms with E-state index in [2.05, 4.69) is 0 Å². The summed E-state index contributed by atoms with van der Waals surface area (Å²) in [5.74, 6) is -1.08. The number of hydrogen-bond donors (Lipinski definition) is 0. The van der Waals surface area contributed by atoms with Crippen LogP contribution in [0.3, 0.4) is 0 Å². The zero-order valence-corrected chi connectivity index (χ0v) is 9.84. The van der Waals surface area contributed by atoms with E-state index in [-0.39, 0.29) is 17.9 Å². The fourth-order valence-corrected chi connectivity index (χ4v) is 2.02. The summed E-state index contributed by atoms with van der Waals surface area (Å²) in [5, 5.41) is 0.304. The van der Waals surface area contributed by atoms with Crippen LogP contribution in [0.2, 0.25) is 5.02 Å². The third kappa shape index (κ3) is 2.64. The molecule has 1 fully saturated rings. The molecule has 3 nitrogen and oxygen atoms in total. The Morgan fingerprint density at radius 3 is 2.88 bits per heavy atom. The predicted molar refractivity (Wildman–Crippen MR) is 61.6 cm³/mol. The lowest BCUT2D eigenvalue weighted by Gasteiger charge is -2.26. The largest absolute Gasteiger partial charge is 0.331 e. The lowest BCUT2D eigenvalue weighted by molar-refractivity contribution is -0.121. The smallest absolute Gasteiger partial charge is 0.257 e. The van der Waals surface area contributed by atoms with E-state index in [0.717, 1.165) is 6.07 Å². The second-order valence-electron chi connectivity index (χ2n) is 3.99. The minimum atomic E-state index is -0.613. The highest BCUT2D eigenvalue weighted by atomic mass is 35.5. The third-order valence-electron chi connectivity index (χ3n) is 2.70. The normalized spacial score (nSPS) is 16.1. The van der Waals surface area contributed by atoms with Crippen LogP contribution < -0.4 is 0 Å². The van der Waals surface area contributed by atoms with Gasteiger partial charge in [-0.3, -0.25) is 9.59 Å². The zero-order chi connectivity index (χ0) is 12.4. The molecule has 17 heavy (non-hydrogen) atoms. The van der Waals surface area contributed by atoms with E-state index in [4.69, 9.17) is 11.6 Å². The van der Waals surface area contributed by atoms with Gasteiger partial charge in [-0.05, 0) is 24.6 Å². The van der Waals surface area contributed by atoms with Gasteiger partial charge in [-0.25, -0.2) is 4.39 Å². The molecule has 5 heteroatoms. The SMILES string of the molecule is O=C1CCCN(C(=O)c2cc(Cl)ccc2F)C1. The van der Waals surface area contributed by atoms with Gasteiger partial charge in [0.2, 0.25) is 0 Å². The summed E-state index contributed by atoms with van der Waals surface area (Å²) in [6.07, 6.45) is 1.12. The van der Waals surface area contributed by atoms with Crippen molar-refractivity contribution < 1.29 is 14.0 Å². The van der Waals surface area contributed by atoms with E-state index in [1.54, 1.807) is 0 Å². The second kappa shape index (κ2) is 4.84. The Hall–Kier alpha value is -1.42. The van der Waals surface area contributed by atoms with Crippen LogP contribution >= 0.6 is 11.6 Å². The Morgan fingerprint density at radius 2 is 2.18 bits per heavy atom. The minimum Gasteiger partial charge on any atom is -0.331 e. The predicted octanol–water partition coefficient (Wildman–Crippen LogP) is 2.28. The molecule has 0 aliphatic carbocycles. The van der Waals surface area contributed by atoms with Gasteiger partial charge in [-0.1, -0.05) is 11.6 Å². The quantitative estimate of drug-likeness (QED) is 0.772. The molecule has 0 N–H and O–H groups in total. The first kappa shape index (κ1) is 12.0. The second-order valence-corrected chi connectivity index (χ2v) is 4.43. The molecule has 0 unspecified atom stereocenters. The molecule has 1 aliphatic rings. The molecule has 1 aliphatic heterocycles. The lowest BCUT2D eigenvalue weighted by atomic mass is 10.1. The maximum atomic E-state index is 13.5.